The van der Waals surface area contributed by atoms with Gasteiger partial charge >= 0.3 is 5.69 Å². The molecule has 35 heavy (non-hydrogen) atoms. The number of rotatable bonds is 5. The predicted octanol–water partition coefficient (Wildman–Crippen LogP) is 3.05. The number of phenols is 1. The molecule has 0 unspecified atom stereocenters. The van der Waals surface area contributed by atoms with Crippen LogP contribution >= 0.6 is 0 Å². The number of carbonyl (C=O) groups excluding carboxylic acids is 1. The van der Waals surface area contributed by atoms with Crippen molar-refractivity contribution in [1.82, 2.24) is 34.4 Å². The Morgan fingerprint density at radius 1 is 1.17 bits per heavy atom. The molecular weight excluding hydrogens is 446 g/mol. The van der Waals surface area contributed by atoms with E-state index in [1.165, 1.54) is 12.1 Å². The van der Waals surface area contributed by atoms with Crippen LogP contribution in [-0.4, -0.2) is 52.4 Å². The van der Waals surface area contributed by atoms with Gasteiger partial charge in [-0.25, -0.2) is 19.7 Å². The van der Waals surface area contributed by atoms with Gasteiger partial charge in [-0.3, -0.25) is 4.79 Å². The van der Waals surface area contributed by atoms with Crippen LogP contribution in [0.25, 0.3) is 33.3 Å². The van der Waals surface area contributed by atoms with E-state index in [-0.39, 0.29) is 23.0 Å². The van der Waals surface area contributed by atoms with Gasteiger partial charge in [-0.15, -0.1) is 0 Å². The van der Waals surface area contributed by atoms with Crippen molar-refractivity contribution in [2.75, 3.05) is 7.05 Å². The maximum Gasteiger partial charge on any atom is 0.323 e. The first-order valence-corrected chi connectivity index (χ1v) is 11.2. The van der Waals surface area contributed by atoms with Crippen molar-refractivity contribution in [1.29, 1.82) is 0 Å². The van der Waals surface area contributed by atoms with Gasteiger partial charge in [-0.2, -0.15) is 0 Å². The first-order chi connectivity index (χ1) is 16.7. The molecule has 5 aromatic rings. The summed E-state index contributed by atoms with van der Waals surface area (Å²) in [4.78, 5) is 46.2. The molecule has 3 aromatic heterocycles. The van der Waals surface area contributed by atoms with Crippen molar-refractivity contribution in [2.24, 2.45) is 7.05 Å². The second kappa shape index (κ2) is 8.39. The Kier molecular flexibility index (Phi) is 5.35. The number of nitrogens with zero attached hydrogens (tertiary/aromatic N) is 5. The number of fused-ring (bicyclic) bond motifs is 2. The number of phenolic OH excluding ortho intramolecular Hbond substituents is 1. The number of hydrogen-bond donors (Lipinski definition) is 3. The number of carbonyl (C=O) groups is 1. The van der Waals surface area contributed by atoms with E-state index in [1.807, 2.05) is 31.5 Å². The van der Waals surface area contributed by atoms with Gasteiger partial charge in [0.1, 0.15) is 17.3 Å². The summed E-state index contributed by atoms with van der Waals surface area (Å²) >= 11 is 0. The summed E-state index contributed by atoms with van der Waals surface area (Å²) in [5.41, 5.74) is 4.16. The summed E-state index contributed by atoms with van der Waals surface area (Å²) in [6.07, 6.45) is 2.57. The summed E-state index contributed by atoms with van der Waals surface area (Å²) in [6.45, 7) is 4.26. The molecule has 0 bridgehead atoms. The zero-order valence-electron chi connectivity index (χ0n) is 19.9. The molecule has 0 radical (unpaired) electrons. The Morgan fingerprint density at radius 3 is 2.71 bits per heavy atom. The van der Waals surface area contributed by atoms with Gasteiger partial charge < -0.3 is 24.5 Å². The van der Waals surface area contributed by atoms with Gasteiger partial charge in [0, 0.05) is 31.5 Å². The van der Waals surface area contributed by atoms with Crippen molar-refractivity contribution in [3.8, 4) is 17.1 Å². The molecular formula is C25H25N7O3. The third-order valence-electron chi connectivity index (χ3n) is 6.21. The Balaban J connectivity index is 1.61. The number of aromatic nitrogens is 6. The summed E-state index contributed by atoms with van der Waals surface area (Å²) in [6, 6.07) is 8.33. The van der Waals surface area contributed by atoms with E-state index in [2.05, 4.69) is 24.9 Å². The van der Waals surface area contributed by atoms with E-state index in [9.17, 15) is 14.7 Å². The smallest absolute Gasteiger partial charge is 0.323 e. The quantitative estimate of drug-likeness (QED) is 0.361. The zero-order chi connectivity index (χ0) is 24.9. The molecule has 10 heteroatoms. The molecule has 0 saturated heterocycles. The van der Waals surface area contributed by atoms with E-state index in [0.717, 1.165) is 23.5 Å². The van der Waals surface area contributed by atoms with E-state index in [4.69, 9.17) is 0 Å². The largest absolute Gasteiger partial charge is 0.508 e. The van der Waals surface area contributed by atoms with E-state index in [0.29, 0.717) is 39.9 Å². The van der Waals surface area contributed by atoms with Crippen LogP contribution in [0.5, 0.6) is 5.75 Å². The van der Waals surface area contributed by atoms with Crippen molar-refractivity contribution >= 4 is 27.8 Å². The van der Waals surface area contributed by atoms with E-state index in [1.54, 1.807) is 30.3 Å². The second-order valence-electron chi connectivity index (χ2n) is 8.63. The summed E-state index contributed by atoms with van der Waals surface area (Å²) < 4.78 is 1.98. The fourth-order valence-corrected chi connectivity index (χ4v) is 4.32. The minimum absolute atomic E-state index is 0.0203. The second-order valence-corrected chi connectivity index (χ2v) is 8.63. The minimum Gasteiger partial charge on any atom is -0.508 e. The Morgan fingerprint density at radius 2 is 1.97 bits per heavy atom. The van der Waals surface area contributed by atoms with Gasteiger partial charge in [0.2, 0.25) is 0 Å². The summed E-state index contributed by atoms with van der Waals surface area (Å²) in [5.74, 6) is 0.998. The molecule has 3 N–H and O–H groups in total. The first-order valence-electron chi connectivity index (χ1n) is 11.2. The van der Waals surface area contributed by atoms with Gasteiger partial charge in [-0.1, -0.05) is 6.92 Å². The lowest BCUT2D eigenvalue weighted by Gasteiger charge is -2.19. The van der Waals surface area contributed by atoms with E-state index < -0.39 is 0 Å². The third kappa shape index (κ3) is 3.92. The van der Waals surface area contributed by atoms with Crippen LogP contribution < -0.4 is 5.69 Å². The Bertz CT molecular complexity index is 1660. The highest BCUT2D eigenvalue weighted by Gasteiger charge is 2.21. The fraction of sp³-hybridized carbons (Fsp3) is 0.240. The van der Waals surface area contributed by atoms with Crippen molar-refractivity contribution in [3.05, 3.63) is 69.8 Å². The lowest BCUT2D eigenvalue weighted by atomic mass is 10.1. The number of aryl methyl sites for hydroxylation is 2. The van der Waals surface area contributed by atoms with E-state index >= 15 is 0 Å². The average Bonchev–Trinajstić information content (AvgIpc) is 3.39. The molecule has 2 aromatic carbocycles. The monoisotopic (exact) mass is 471 g/mol. The topological polar surface area (TPSA) is 133 Å². The maximum atomic E-state index is 13.6. The highest BCUT2D eigenvalue weighted by atomic mass is 16.3. The molecule has 0 saturated carbocycles. The third-order valence-corrected chi connectivity index (χ3v) is 6.21. The molecule has 10 nitrogen and oxygen atoms in total. The molecule has 5 rings (SSSR count). The summed E-state index contributed by atoms with van der Waals surface area (Å²) in [7, 11) is 3.64. The molecule has 178 valence electrons. The molecule has 0 spiro atoms. The zero-order valence-corrected chi connectivity index (χ0v) is 19.9. The SMILES string of the molecule is CCc1ncc(CN(C)C(=O)c2nc(-c3cc(C)c4[nH]c(=O)[nH]c4c3)nc3ccc(O)cc23)n1C. The molecule has 1 amide bonds. The molecule has 0 aliphatic rings. The highest BCUT2D eigenvalue weighted by molar-refractivity contribution is 6.05. The lowest BCUT2D eigenvalue weighted by Crippen LogP contribution is -2.28. The first kappa shape index (κ1) is 22.3. The molecule has 0 aliphatic heterocycles. The van der Waals surface area contributed by atoms with Crippen LogP contribution in [0, 0.1) is 6.92 Å². The summed E-state index contributed by atoms with van der Waals surface area (Å²) in [5, 5.41) is 10.5. The van der Waals surface area contributed by atoms with Crippen LogP contribution in [0.1, 0.15) is 34.5 Å². The fourth-order valence-electron chi connectivity index (χ4n) is 4.32. The van der Waals surface area contributed by atoms with Crippen LogP contribution in [0.2, 0.25) is 0 Å². The van der Waals surface area contributed by atoms with Gasteiger partial charge in [0.15, 0.2) is 5.82 Å². The molecule has 0 aliphatic carbocycles. The van der Waals surface area contributed by atoms with Crippen LogP contribution in [-0.2, 0) is 20.0 Å². The molecule has 3 heterocycles. The molecule has 0 atom stereocenters. The predicted molar refractivity (Wildman–Crippen MR) is 132 cm³/mol. The number of nitrogens with one attached hydrogen (secondary N) is 2. The van der Waals surface area contributed by atoms with Crippen molar-refractivity contribution in [3.63, 3.8) is 0 Å². The number of amides is 1. The Hall–Kier alpha value is -4.47. The maximum absolute atomic E-state index is 13.6. The number of aromatic hydroxyl groups is 1. The van der Waals surface area contributed by atoms with Crippen molar-refractivity contribution in [2.45, 2.75) is 26.8 Å². The van der Waals surface area contributed by atoms with Crippen LogP contribution in [0.3, 0.4) is 0 Å². The number of benzene rings is 2. The number of aromatic amines is 2. The number of hydrogen-bond acceptors (Lipinski definition) is 6. The van der Waals surface area contributed by atoms with Crippen LogP contribution in [0.4, 0.5) is 0 Å². The molecule has 0 fully saturated rings. The van der Waals surface area contributed by atoms with Crippen LogP contribution in [0.15, 0.2) is 41.3 Å². The Labute approximate surface area is 200 Å². The minimum atomic E-state index is -0.309. The van der Waals surface area contributed by atoms with Gasteiger partial charge in [0.05, 0.1) is 35.0 Å². The standard InChI is InChI=1S/C25H25N7O3/c1-5-20-26-11-15(32(20)4)12-31(3)24(34)22-17-10-16(33)6-7-18(17)27-23(29-22)14-8-13(2)21-19(9-14)28-25(35)30-21/h6-11,33H,5,12H2,1-4H3,(H2,28,30,35). The lowest BCUT2D eigenvalue weighted by molar-refractivity contribution is 0.0778. The average molecular weight is 472 g/mol. The normalized spacial score (nSPS) is 11.4. The van der Waals surface area contributed by atoms with Crippen molar-refractivity contribution < 1.29 is 9.90 Å². The number of imidazole rings is 2. The van der Waals surface area contributed by atoms with Gasteiger partial charge in [-0.05, 0) is 42.8 Å². The van der Waals surface area contributed by atoms with Gasteiger partial charge in [0.25, 0.3) is 5.91 Å². The number of H-pyrrole nitrogens is 2. The highest BCUT2D eigenvalue weighted by Crippen LogP contribution is 2.28.